The number of unbranched alkanes of at least 4 members (excludes halogenated alkanes) is 2. The van der Waals surface area contributed by atoms with Crippen LogP contribution in [0.5, 0.6) is 0 Å². The Morgan fingerprint density at radius 1 is 1.11 bits per heavy atom. The third-order valence-corrected chi connectivity index (χ3v) is 4.29. The number of nitrogens with zero attached hydrogens (tertiary/aromatic N) is 2. The molecule has 3 nitrogen and oxygen atoms in total. The predicted octanol–water partition coefficient (Wildman–Crippen LogP) is 3.10. The molecule has 0 aromatic rings. The average Bonchev–Trinajstić information content (AvgIpc) is 3.05. The third-order valence-electron chi connectivity index (χ3n) is 4.29. The zero-order valence-electron chi connectivity index (χ0n) is 11.4. The van der Waals surface area contributed by atoms with Gasteiger partial charge in [0.2, 0.25) is 0 Å². The van der Waals surface area contributed by atoms with E-state index in [-0.39, 0.29) is 0 Å². The summed E-state index contributed by atoms with van der Waals surface area (Å²) in [4.78, 5) is 2.65. The molecular weight excluding hydrogens is 224 g/mol. The fourth-order valence-electron chi connectivity index (χ4n) is 3.26. The number of hydrogen-bond acceptors (Lipinski definition) is 3. The Balaban J connectivity index is 1.75. The second-order valence-electron chi connectivity index (χ2n) is 5.68. The van der Waals surface area contributed by atoms with Gasteiger partial charge < -0.3 is 4.74 Å². The molecule has 0 unspecified atom stereocenters. The van der Waals surface area contributed by atoms with Gasteiger partial charge in [0.15, 0.2) is 0 Å². The van der Waals surface area contributed by atoms with E-state index >= 15 is 0 Å². The zero-order valence-corrected chi connectivity index (χ0v) is 11.4. The summed E-state index contributed by atoms with van der Waals surface area (Å²) in [5.41, 5.74) is 0. The molecule has 0 radical (unpaired) electrons. The van der Waals surface area contributed by atoms with E-state index in [9.17, 15) is 0 Å². The van der Waals surface area contributed by atoms with Crippen LogP contribution in [0.1, 0.15) is 57.8 Å². The van der Waals surface area contributed by atoms with E-state index in [2.05, 4.69) is 11.0 Å². The van der Waals surface area contributed by atoms with Gasteiger partial charge in [-0.05, 0) is 45.1 Å². The van der Waals surface area contributed by atoms with Crippen LogP contribution in [0.2, 0.25) is 0 Å². The lowest BCUT2D eigenvalue weighted by atomic mass is 10.1. The van der Waals surface area contributed by atoms with Crippen LogP contribution >= 0.6 is 0 Å². The Bertz CT molecular complexity index is 262. The Hall–Kier alpha value is -0.590. The summed E-state index contributed by atoms with van der Waals surface area (Å²) in [7, 11) is 0. The highest BCUT2D eigenvalue weighted by atomic mass is 16.5. The first-order valence-electron chi connectivity index (χ1n) is 7.63. The second kappa shape index (κ2) is 7.76. The van der Waals surface area contributed by atoms with Crippen molar-refractivity contribution >= 4 is 0 Å². The van der Waals surface area contributed by atoms with E-state index in [1.165, 1.54) is 38.5 Å². The van der Waals surface area contributed by atoms with Crippen LogP contribution in [0.3, 0.4) is 0 Å². The SMILES string of the molecule is N#CCCCCN(C[C@@H]1CCCO1)C1CCCC1. The molecular formula is C15H26N2O. The summed E-state index contributed by atoms with van der Waals surface area (Å²) in [5.74, 6) is 0. The van der Waals surface area contributed by atoms with E-state index in [1.807, 2.05) is 0 Å². The molecule has 102 valence electrons. The highest BCUT2D eigenvalue weighted by Gasteiger charge is 2.26. The molecule has 1 saturated carbocycles. The highest BCUT2D eigenvalue weighted by molar-refractivity contribution is 4.81. The van der Waals surface area contributed by atoms with Crippen molar-refractivity contribution < 1.29 is 4.74 Å². The van der Waals surface area contributed by atoms with Gasteiger partial charge in [0, 0.05) is 25.6 Å². The van der Waals surface area contributed by atoms with Crippen molar-refractivity contribution in [1.82, 2.24) is 4.90 Å². The van der Waals surface area contributed by atoms with Crippen molar-refractivity contribution in [2.24, 2.45) is 0 Å². The van der Waals surface area contributed by atoms with E-state index in [1.54, 1.807) is 0 Å². The van der Waals surface area contributed by atoms with Gasteiger partial charge in [-0.2, -0.15) is 5.26 Å². The van der Waals surface area contributed by atoms with Gasteiger partial charge in [-0.25, -0.2) is 0 Å². The monoisotopic (exact) mass is 250 g/mol. The number of hydrogen-bond donors (Lipinski definition) is 0. The molecule has 1 saturated heterocycles. The van der Waals surface area contributed by atoms with Gasteiger partial charge in [-0.3, -0.25) is 4.90 Å². The summed E-state index contributed by atoms with van der Waals surface area (Å²) in [6, 6.07) is 3.03. The van der Waals surface area contributed by atoms with Crippen LogP contribution in [0.15, 0.2) is 0 Å². The number of ether oxygens (including phenoxy) is 1. The zero-order chi connectivity index (χ0) is 12.6. The normalized spacial score (nSPS) is 24.8. The molecule has 2 fully saturated rings. The minimum Gasteiger partial charge on any atom is -0.377 e. The molecule has 3 heteroatoms. The molecule has 0 N–H and O–H groups in total. The number of nitriles is 1. The lowest BCUT2D eigenvalue weighted by Crippen LogP contribution is -2.39. The average molecular weight is 250 g/mol. The van der Waals surface area contributed by atoms with Crippen molar-refractivity contribution in [2.75, 3.05) is 19.7 Å². The third kappa shape index (κ3) is 4.26. The Morgan fingerprint density at radius 3 is 2.61 bits per heavy atom. The molecule has 18 heavy (non-hydrogen) atoms. The van der Waals surface area contributed by atoms with E-state index in [4.69, 9.17) is 10.00 Å². The maximum absolute atomic E-state index is 8.59. The number of rotatable bonds is 7. The van der Waals surface area contributed by atoms with Crippen LogP contribution in [0, 0.1) is 11.3 Å². The van der Waals surface area contributed by atoms with Crippen molar-refractivity contribution in [1.29, 1.82) is 5.26 Å². The molecule has 0 aromatic heterocycles. The van der Waals surface area contributed by atoms with Crippen LogP contribution in [0.25, 0.3) is 0 Å². The van der Waals surface area contributed by atoms with Gasteiger partial charge in [0.25, 0.3) is 0 Å². The van der Waals surface area contributed by atoms with Crippen LogP contribution in [-0.2, 0) is 4.74 Å². The molecule has 0 aromatic carbocycles. The molecule has 2 aliphatic rings. The molecule has 1 aliphatic carbocycles. The fraction of sp³-hybridized carbons (Fsp3) is 0.933. The van der Waals surface area contributed by atoms with Crippen molar-refractivity contribution in [3.8, 4) is 6.07 Å². The van der Waals surface area contributed by atoms with Crippen LogP contribution in [-0.4, -0.2) is 36.7 Å². The molecule has 0 bridgehead atoms. The van der Waals surface area contributed by atoms with Crippen molar-refractivity contribution in [3.05, 3.63) is 0 Å². The Kier molecular flexibility index (Phi) is 5.96. The lowest BCUT2D eigenvalue weighted by molar-refractivity contribution is 0.0569. The molecule has 0 spiro atoms. The Morgan fingerprint density at radius 2 is 1.94 bits per heavy atom. The maximum Gasteiger partial charge on any atom is 0.0702 e. The highest BCUT2D eigenvalue weighted by Crippen LogP contribution is 2.25. The summed E-state index contributed by atoms with van der Waals surface area (Å²) < 4.78 is 5.78. The summed E-state index contributed by atoms with van der Waals surface area (Å²) in [6.07, 6.45) is 11.4. The first-order valence-corrected chi connectivity index (χ1v) is 7.63. The maximum atomic E-state index is 8.59. The van der Waals surface area contributed by atoms with Gasteiger partial charge in [0.05, 0.1) is 12.2 Å². The van der Waals surface area contributed by atoms with Gasteiger partial charge in [-0.1, -0.05) is 12.8 Å². The van der Waals surface area contributed by atoms with E-state index < -0.39 is 0 Å². The lowest BCUT2D eigenvalue weighted by Gasteiger charge is -2.30. The van der Waals surface area contributed by atoms with Crippen molar-refractivity contribution in [2.45, 2.75) is 69.9 Å². The smallest absolute Gasteiger partial charge is 0.0702 e. The van der Waals surface area contributed by atoms with Gasteiger partial charge >= 0.3 is 0 Å². The first-order chi connectivity index (χ1) is 8.90. The molecule has 1 aliphatic heterocycles. The minimum absolute atomic E-state index is 0.474. The molecule has 0 amide bonds. The summed E-state index contributed by atoms with van der Waals surface area (Å²) in [5, 5.41) is 8.59. The standard InChI is InChI=1S/C15H26N2O/c16-10-4-1-5-11-17(14-7-2-3-8-14)13-15-9-6-12-18-15/h14-15H,1-9,11-13H2/t15-/m0/s1. The largest absolute Gasteiger partial charge is 0.377 e. The topological polar surface area (TPSA) is 36.3 Å². The Labute approximate surface area is 111 Å². The summed E-state index contributed by atoms with van der Waals surface area (Å²) >= 11 is 0. The quantitative estimate of drug-likeness (QED) is 0.651. The molecule has 1 atom stereocenters. The van der Waals surface area contributed by atoms with E-state index in [0.717, 1.165) is 38.6 Å². The van der Waals surface area contributed by atoms with Gasteiger partial charge in [-0.15, -0.1) is 0 Å². The molecule has 1 heterocycles. The summed E-state index contributed by atoms with van der Waals surface area (Å²) in [6.45, 7) is 3.24. The predicted molar refractivity (Wildman–Crippen MR) is 72.3 cm³/mol. The van der Waals surface area contributed by atoms with Crippen LogP contribution in [0.4, 0.5) is 0 Å². The fourth-order valence-corrected chi connectivity index (χ4v) is 3.26. The second-order valence-corrected chi connectivity index (χ2v) is 5.68. The van der Waals surface area contributed by atoms with Crippen LogP contribution < -0.4 is 0 Å². The van der Waals surface area contributed by atoms with E-state index in [0.29, 0.717) is 12.5 Å². The first kappa shape index (κ1) is 13.8. The van der Waals surface area contributed by atoms with Crippen molar-refractivity contribution in [3.63, 3.8) is 0 Å². The van der Waals surface area contributed by atoms with Gasteiger partial charge in [0.1, 0.15) is 0 Å². The molecule has 2 rings (SSSR count). The minimum atomic E-state index is 0.474.